The average Bonchev–Trinajstić information content (AvgIpc) is 2.72. The van der Waals surface area contributed by atoms with Crippen molar-refractivity contribution in [1.29, 1.82) is 0 Å². The molecule has 7 heteroatoms. The van der Waals surface area contributed by atoms with Crippen LogP contribution in [0.1, 0.15) is 50.0 Å². The summed E-state index contributed by atoms with van der Waals surface area (Å²) < 4.78 is 10.3. The van der Waals surface area contributed by atoms with Crippen molar-refractivity contribution in [3.63, 3.8) is 0 Å². The third kappa shape index (κ3) is 12.7. The number of esters is 1. The summed E-state index contributed by atoms with van der Waals surface area (Å²) in [7, 11) is 1.29. The molecule has 1 N–H and O–H groups in total. The number of ether oxygens (including phenoxy) is 2. The highest BCUT2D eigenvalue weighted by Gasteiger charge is 2.15. The van der Waals surface area contributed by atoms with E-state index in [1.807, 2.05) is 23.9 Å². The SMILES string of the molecule is CCSC.COC(=O)CNC(=O)c1cc(OCCC(C)CS)ccc1CC(C)C. The number of nitrogens with one attached hydrogen (secondary N) is 1. The van der Waals surface area contributed by atoms with E-state index < -0.39 is 5.97 Å². The topological polar surface area (TPSA) is 64.6 Å². The molecule has 166 valence electrons. The Bertz CT molecular complexity index is 606. The van der Waals surface area contributed by atoms with E-state index in [1.165, 1.54) is 12.9 Å². The summed E-state index contributed by atoms with van der Waals surface area (Å²) in [6, 6.07) is 5.56. The van der Waals surface area contributed by atoms with Crippen LogP contribution in [0.4, 0.5) is 0 Å². The van der Waals surface area contributed by atoms with Crippen LogP contribution < -0.4 is 10.1 Å². The summed E-state index contributed by atoms with van der Waals surface area (Å²) in [4.78, 5) is 23.7. The van der Waals surface area contributed by atoms with Gasteiger partial charge >= 0.3 is 5.97 Å². The lowest BCUT2D eigenvalue weighted by Gasteiger charge is -2.15. The lowest BCUT2D eigenvalue weighted by Crippen LogP contribution is -2.31. The fourth-order valence-electron chi connectivity index (χ4n) is 2.26. The number of thiol groups is 1. The minimum absolute atomic E-state index is 0.152. The predicted octanol–water partition coefficient (Wildman–Crippen LogP) is 4.49. The standard InChI is InChI=1S/C19H29NO4S.C3H8S/c1-13(2)9-15-5-6-16(24-8-7-14(3)12-25)10-17(15)19(22)20-11-18(21)23-4;1-3-4-2/h5-6,10,13-14,25H,7-9,11-12H2,1-4H3,(H,20,22);3H2,1-2H3. The van der Waals surface area contributed by atoms with Gasteiger partial charge in [-0.05, 0) is 60.1 Å². The Morgan fingerprint density at radius 1 is 1.24 bits per heavy atom. The molecular formula is C22H37NO4S2. The third-order valence-corrected chi connectivity index (χ3v) is 5.26. The Kier molecular flexibility index (Phi) is 15.7. The molecule has 1 aromatic rings. The molecule has 0 heterocycles. The van der Waals surface area contributed by atoms with Gasteiger partial charge in [0.2, 0.25) is 0 Å². The smallest absolute Gasteiger partial charge is 0.325 e. The fraction of sp³-hybridized carbons (Fsp3) is 0.636. The average molecular weight is 444 g/mol. The zero-order chi connectivity index (χ0) is 22.2. The van der Waals surface area contributed by atoms with Crippen molar-refractivity contribution in [2.45, 2.75) is 40.5 Å². The molecule has 5 nitrogen and oxygen atoms in total. The van der Waals surface area contributed by atoms with Crippen LogP contribution in [0.25, 0.3) is 0 Å². The molecule has 1 unspecified atom stereocenters. The summed E-state index contributed by atoms with van der Waals surface area (Å²) in [6.45, 7) is 8.88. The zero-order valence-electron chi connectivity index (χ0n) is 18.6. The highest BCUT2D eigenvalue weighted by atomic mass is 32.2. The summed E-state index contributed by atoms with van der Waals surface area (Å²) >= 11 is 6.12. The van der Waals surface area contributed by atoms with Gasteiger partial charge in [-0.3, -0.25) is 9.59 Å². The molecule has 0 aliphatic heterocycles. The lowest BCUT2D eigenvalue weighted by atomic mass is 9.97. The minimum Gasteiger partial charge on any atom is -0.494 e. The Morgan fingerprint density at radius 3 is 2.41 bits per heavy atom. The van der Waals surface area contributed by atoms with Crippen LogP contribution in [0.2, 0.25) is 0 Å². The van der Waals surface area contributed by atoms with Crippen molar-refractivity contribution in [1.82, 2.24) is 5.32 Å². The highest BCUT2D eigenvalue weighted by Crippen LogP contribution is 2.21. The maximum absolute atomic E-state index is 12.5. The van der Waals surface area contributed by atoms with Crippen LogP contribution in [0.5, 0.6) is 5.75 Å². The van der Waals surface area contributed by atoms with E-state index in [2.05, 4.69) is 56.6 Å². The monoisotopic (exact) mass is 443 g/mol. The van der Waals surface area contributed by atoms with Gasteiger partial charge in [0.25, 0.3) is 5.91 Å². The van der Waals surface area contributed by atoms with E-state index in [0.29, 0.717) is 29.8 Å². The van der Waals surface area contributed by atoms with Crippen LogP contribution >= 0.6 is 24.4 Å². The third-order valence-electron chi connectivity index (χ3n) is 4.05. The number of carbonyl (C=O) groups excluding carboxylic acids is 2. The lowest BCUT2D eigenvalue weighted by molar-refractivity contribution is -0.139. The quantitative estimate of drug-likeness (QED) is 0.390. The number of carbonyl (C=O) groups is 2. The zero-order valence-corrected chi connectivity index (χ0v) is 20.3. The second kappa shape index (κ2) is 16.5. The van der Waals surface area contributed by atoms with Gasteiger partial charge in [-0.15, -0.1) is 0 Å². The van der Waals surface area contributed by atoms with Crippen LogP contribution in [0.3, 0.4) is 0 Å². The van der Waals surface area contributed by atoms with E-state index in [9.17, 15) is 9.59 Å². The number of thioether (sulfide) groups is 1. The predicted molar refractivity (Wildman–Crippen MR) is 127 cm³/mol. The van der Waals surface area contributed by atoms with E-state index in [4.69, 9.17) is 4.74 Å². The Hall–Kier alpha value is -1.34. The molecule has 0 aliphatic rings. The van der Waals surface area contributed by atoms with E-state index in [0.717, 1.165) is 24.2 Å². The summed E-state index contributed by atoms with van der Waals surface area (Å²) in [5, 5.41) is 2.59. The van der Waals surface area contributed by atoms with Gasteiger partial charge in [-0.2, -0.15) is 24.4 Å². The molecule has 1 atom stereocenters. The number of amides is 1. The van der Waals surface area contributed by atoms with Crippen LogP contribution in [0, 0.1) is 11.8 Å². The van der Waals surface area contributed by atoms with Gasteiger partial charge in [0.15, 0.2) is 0 Å². The van der Waals surface area contributed by atoms with Crippen molar-refractivity contribution >= 4 is 36.3 Å². The molecule has 1 aromatic carbocycles. The maximum atomic E-state index is 12.5. The number of benzene rings is 1. The van der Waals surface area contributed by atoms with Crippen molar-refractivity contribution in [2.75, 3.05) is 38.0 Å². The fourth-order valence-corrected chi connectivity index (χ4v) is 2.45. The first-order chi connectivity index (χ1) is 13.8. The molecule has 29 heavy (non-hydrogen) atoms. The van der Waals surface area contributed by atoms with Crippen molar-refractivity contribution in [3.05, 3.63) is 29.3 Å². The van der Waals surface area contributed by atoms with Gasteiger partial charge < -0.3 is 14.8 Å². The normalized spacial score (nSPS) is 11.3. The van der Waals surface area contributed by atoms with E-state index >= 15 is 0 Å². The van der Waals surface area contributed by atoms with Crippen LogP contribution in [-0.4, -0.2) is 49.9 Å². The molecule has 1 rings (SSSR count). The first kappa shape index (κ1) is 27.7. The number of hydrogen-bond donors (Lipinski definition) is 2. The molecule has 0 saturated carbocycles. The highest BCUT2D eigenvalue weighted by molar-refractivity contribution is 7.98. The summed E-state index contributed by atoms with van der Waals surface area (Å²) in [5.41, 5.74) is 1.48. The molecule has 0 bridgehead atoms. The maximum Gasteiger partial charge on any atom is 0.325 e. The second-order valence-electron chi connectivity index (χ2n) is 7.18. The van der Waals surface area contributed by atoms with Crippen molar-refractivity contribution in [3.8, 4) is 5.75 Å². The Balaban J connectivity index is 0.00000178. The van der Waals surface area contributed by atoms with E-state index in [1.54, 1.807) is 6.07 Å². The van der Waals surface area contributed by atoms with Crippen LogP contribution in [0.15, 0.2) is 18.2 Å². The molecule has 0 saturated heterocycles. The first-order valence-electron chi connectivity index (χ1n) is 9.99. The number of hydrogen-bond acceptors (Lipinski definition) is 6. The van der Waals surface area contributed by atoms with Crippen LogP contribution in [-0.2, 0) is 16.0 Å². The van der Waals surface area contributed by atoms with E-state index in [-0.39, 0.29) is 12.5 Å². The second-order valence-corrected chi connectivity index (χ2v) is 8.70. The summed E-state index contributed by atoms with van der Waals surface area (Å²) in [5.74, 6) is 2.82. The van der Waals surface area contributed by atoms with Gasteiger partial charge in [-0.1, -0.05) is 33.8 Å². The molecule has 0 aromatic heterocycles. The van der Waals surface area contributed by atoms with Gasteiger partial charge in [-0.25, -0.2) is 0 Å². The Labute approximate surface area is 186 Å². The number of rotatable bonds is 11. The van der Waals surface area contributed by atoms with Crippen molar-refractivity contribution < 1.29 is 19.1 Å². The van der Waals surface area contributed by atoms with Gasteiger partial charge in [0.05, 0.1) is 13.7 Å². The minimum atomic E-state index is -0.480. The molecule has 0 fully saturated rings. The molecular weight excluding hydrogens is 406 g/mol. The molecule has 0 spiro atoms. The Morgan fingerprint density at radius 2 is 1.90 bits per heavy atom. The largest absolute Gasteiger partial charge is 0.494 e. The van der Waals surface area contributed by atoms with Crippen molar-refractivity contribution in [2.24, 2.45) is 11.8 Å². The van der Waals surface area contributed by atoms with Gasteiger partial charge in [0, 0.05) is 5.56 Å². The first-order valence-corrected chi connectivity index (χ1v) is 12.0. The summed E-state index contributed by atoms with van der Waals surface area (Å²) in [6.07, 6.45) is 3.78. The molecule has 0 radical (unpaired) electrons. The molecule has 0 aliphatic carbocycles. The molecule has 1 amide bonds. The number of methoxy groups -OCH3 is 1. The van der Waals surface area contributed by atoms with Gasteiger partial charge in [0.1, 0.15) is 12.3 Å².